The summed E-state index contributed by atoms with van der Waals surface area (Å²) < 4.78 is 0. The van der Waals surface area contributed by atoms with Crippen molar-refractivity contribution < 1.29 is 0 Å². The van der Waals surface area contributed by atoms with E-state index in [0.717, 1.165) is 0 Å². The molecule has 0 saturated heterocycles. The Morgan fingerprint density at radius 2 is 1.75 bits per heavy atom. The molecule has 0 N–H and O–H groups in total. The summed E-state index contributed by atoms with van der Waals surface area (Å²) >= 11 is 0. The van der Waals surface area contributed by atoms with Crippen LogP contribution in [0.5, 0.6) is 0 Å². The normalized spacial score (nSPS) is 17.8. The van der Waals surface area contributed by atoms with Crippen molar-refractivity contribution in [1.29, 1.82) is 0 Å². The van der Waals surface area contributed by atoms with E-state index in [9.17, 15) is 0 Å². The molecule has 0 bridgehead atoms. The van der Waals surface area contributed by atoms with Crippen LogP contribution in [-0.2, 0) is 0 Å². The summed E-state index contributed by atoms with van der Waals surface area (Å²) in [5.74, 6) is 1.47. The zero-order valence-electron chi connectivity index (χ0n) is 7.99. The first-order chi connectivity index (χ1) is 5.16. The molecule has 0 heterocycles. The minimum absolute atomic E-state index is 0. The number of rotatable bonds is 2. The van der Waals surface area contributed by atoms with Crippen LogP contribution in [0, 0.1) is 5.92 Å². The summed E-state index contributed by atoms with van der Waals surface area (Å²) in [6.07, 6.45) is 4.79. The van der Waals surface area contributed by atoms with Gasteiger partial charge in [-0.1, -0.05) is 37.5 Å². The summed E-state index contributed by atoms with van der Waals surface area (Å²) in [7, 11) is 0. The molecule has 0 aromatic carbocycles. The van der Waals surface area contributed by atoms with E-state index in [1.165, 1.54) is 29.9 Å². The molecule has 1 aliphatic carbocycles. The van der Waals surface area contributed by atoms with Gasteiger partial charge in [0.2, 0.25) is 0 Å². The van der Waals surface area contributed by atoms with Crippen LogP contribution in [-0.4, -0.2) is 18.9 Å². The van der Waals surface area contributed by atoms with Crippen molar-refractivity contribution in [2.24, 2.45) is 0 Å². The molecule has 1 heteroatoms. The van der Waals surface area contributed by atoms with E-state index in [4.69, 9.17) is 0 Å². The second kappa shape index (κ2) is 4.95. The third kappa shape index (κ3) is 2.28. The maximum absolute atomic E-state index is 2.29. The van der Waals surface area contributed by atoms with Crippen LogP contribution in [0.15, 0.2) is 22.8 Å². The Hall–Kier alpha value is 0.0774. The molecule has 0 aliphatic heterocycles. The molecule has 0 aromatic heterocycles. The zero-order valence-corrected chi connectivity index (χ0v) is 7.99. The van der Waals surface area contributed by atoms with Gasteiger partial charge < -0.3 is 0 Å². The molecule has 12 heavy (non-hydrogen) atoms. The molecule has 1 aliphatic rings. The summed E-state index contributed by atoms with van der Waals surface area (Å²) in [6, 6.07) is 0. The molecule has 0 amide bonds. The molecule has 0 aromatic rings. The molecule has 63 valence electrons. The van der Waals surface area contributed by atoms with Crippen LogP contribution in [0.4, 0.5) is 0 Å². The molecule has 0 atom stereocenters. The number of allylic oxidation sites excluding steroid dienone is 4. The molecule has 0 unspecified atom stereocenters. The molecular weight excluding hydrogens is 139 g/mol. The van der Waals surface area contributed by atoms with Crippen LogP contribution in [0.1, 0.15) is 40.5 Å². The van der Waals surface area contributed by atoms with Gasteiger partial charge in [0, 0.05) is 5.92 Å². The molecule has 1 radical (unpaired) electrons. The van der Waals surface area contributed by atoms with E-state index in [0.29, 0.717) is 0 Å². The fourth-order valence-electron chi connectivity index (χ4n) is 1.69. The average molecular weight is 157 g/mol. The number of hydrogen-bond donors (Lipinski definition) is 0. The van der Waals surface area contributed by atoms with Gasteiger partial charge in [0.15, 0.2) is 0 Å². The average Bonchev–Trinajstić information content (AvgIpc) is 2.17. The Morgan fingerprint density at radius 3 is 2.08 bits per heavy atom. The van der Waals surface area contributed by atoms with Gasteiger partial charge >= 0.3 is 18.9 Å². The predicted molar refractivity (Wildman–Crippen MR) is 57.4 cm³/mol. The van der Waals surface area contributed by atoms with Crippen LogP contribution in [0.2, 0.25) is 0 Å². The Balaban J connectivity index is 0.00000121. The van der Waals surface area contributed by atoms with E-state index in [1.807, 2.05) is 0 Å². The topological polar surface area (TPSA) is 0 Å². The van der Waals surface area contributed by atoms with Gasteiger partial charge in [-0.25, -0.2) is 0 Å². The Labute approximate surface area is 88.3 Å². The van der Waals surface area contributed by atoms with E-state index < -0.39 is 0 Å². The second-order valence-corrected chi connectivity index (χ2v) is 3.36. The number of hydrogen-bond acceptors (Lipinski definition) is 0. The van der Waals surface area contributed by atoms with Crippen molar-refractivity contribution in [2.75, 3.05) is 0 Å². The van der Waals surface area contributed by atoms with Crippen molar-refractivity contribution in [1.82, 2.24) is 0 Å². The first kappa shape index (κ1) is 12.1. The fourth-order valence-corrected chi connectivity index (χ4v) is 1.69. The van der Waals surface area contributed by atoms with E-state index in [1.54, 1.807) is 5.57 Å². The predicted octanol–water partition coefficient (Wildman–Crippen LogP) is 3.01. The Kier molecular flexibility index (Phi) is 4.98. The second-order valence-electron chi connectivity index (χ2n) is 3.36. The van der Waals surface area contributed by atoms with E-state index >= 15 is 0 Å². The van der Waals surface area contributed by atoms with Crippen LogP contribution >= 0.6 is 0 Å². The molecule has 0 nitrogen and oxygen atoms in total. The third-order valence-corrected chi connectivity index (χ3v) is 2.45. The van der Waals surface area contributed by atoms with Gasteiger partial charge in [0.1, 0.15) is 0 Å². The van der Waals surface area contributed by atoms with Crippen molar-refractivity contribution in [3.05, 3.63) is 28.7 Å². The van der Waals surface area contributed by atoms with Crippen LogP contribution < -0.4 is 0 Å². The SMILES string of the molecule is CCCC1=C(C)C(C)=C[C]1C.[LiH]. The van der Waals surface area contributed by atoms with Crippen molar-refractivity contribution >= 4 is 18.9 Å². The van der Waals surface area contributed by atoms with Crippen molar-refractivity contribution in [3.63, 3.8) is 0 Å². The minimum atomic E-state index is 0. The van der Waals surface area contributed by atoms with Gasteiger partial charge in [-0.15, -0.1) is 0 Å². The zero-order chi connectivity index (χ0) is 8.43. The van der Waals surface area contributed by atoms with Crippen molar-refractivity contribution in [3.8, 4) is 0 Å². The third-order valence-electron chi connectivity index (χ3n) is 2.45. The van der Waals surface area contributed by atoms with Gasteiger partial charge in [0.05, 0.1) is 0 Å². The van der Waals surface area contributed by atoms with Crippen LogP contribution in [0.3, 0.4) is 0 Å². The monoisotopic (exact) mass is 157 g/mol. The van der Waals surface area contributed by atoms with E-state index in [2.05, 4.69) is 33.8 Å². The fraction of sp³-hybridized carbons (Fsp3) is 0.545. The molecular formula is C11H18Li. The van der Waals surface area contributed by atoms with Gasteiger partial charge in [-0.05, 0) is 25.8 Å². The first-order valence-electron chi connectivity index (χ1n) is 4.39. The van der Waals surface area contributed by atoms with Gasteiger partial charge in [0.25, 0.3) is 0 Å². The summed E-state index contributed by atoms with van der Waals surface area (Å²) in [5, 5.41) is 0. The van der Waals surface area contributed by atoms with E-state index in [-0.39, 0.29) is 18.9 Å². The van der Waals surface area contributed by atoms with Crippen molar-refractivity contribution in [2.45, 2.75) is 40.5 Å². The molecule has 1 rings (SSSR count). The van der Waals surface area contributed by atoms with Gasteiger partial charge in [-0.2, -0.15) is 0 Å². The van der Waals surface area contributed by atoms with Crippen LogP contribution in [0.25, 0.3) is 0 Å². The Bertz CT molecular complexity index is 211. The Morgan fingerprint density at radius 1 is 1.17 bits per heavy atom. The summed E-state index contributed by atoms with van der Waals surface area (Å²) in [4.78, 5) is 0. The standard InChI is InChI=1S/C11H17.Li.H/c1-5-6-11-9(3)7-8(2)10(11)4;;/h7H,5-6H2,1-4H3;;. The van der Waals surface area contributed by atoms with Gasteiger partial charge in [-0.3, -0.25) is 0 Å². The molecule has 0 spiro atoms. The first-order valence-corrected chi connectivity index (χ1v) is 4.39. The quantitative estimate of drug-likeness (QED) is 0.540. The maximum atomic E-state index is 2.29. The molecule has 0 saturated carbocycles. The summed E-state index contributed by atoms with van der Waals surface area (Å²) in [6.45, 7) is 8.88. The summed E-state index contributed by atoms with van der Waals surface area (Å²) in [5.41, 5.74) is 4.53. The molecule has 0 fully saturated rings.